The first-order chi connectivity index (χ1) is 11.3. The summed E-state index contributed by atoms with van der Waals surface area (Å²) in [5.41, 5.74) is 0.734. The topological polar surface area (TPSA) is 45.7 Å². The molecule has 2 heterocycles. The molecule has 1 fully saturated rings. The summed E-state index contributed by atoms with van der Waals surface area (Å²) in [4.78, 5) is 20.6. The fourth-order valence-electron chi connectivity index (χ4n) is 3.14. The van der Waals surface area contributed by atoms with Gasteiger partial charge in [0.2, 0.25) is 0 Å². The van der Waals surface area contributed by atoms with Gasteiger partial charge in [0, 0.05) is 19.3 Å². The summed E-state index contributed by atoms with van der Waals surface area (Å²) in [6, 6.07) is 4.46. The van der Waals surface area contributed by atoms with Crippen LogP contribution in [0.4, 0.5) is 10.6 Å². The minimum Gasteiger partial charge on any atom is -0.443 e. The van der Waals surface area contributed by atoms with Crippen molar-refractivity contribution in [1.29, 1.82) is 0 Å². The normalized spacial score (nSPS) is 19.1. The summed E-state index contributed by atoms with van der Waals surface area (Å²) >= 11 is 0. The summed E-state index contributed by atoms with van der Waals surface area (Å²) in [5, 5.41) is 0. The summed E-state index contributed by atoms with van der Waals surface area (Å²) in [6.45, 7) is 10.1. The Morgan fingerprint density at radius 3 is 2.71 bits per heavy atom. The molecule has 1 aliphatic heterocycles. The van der Waals surface area contributed by atoms with Crippen LogP contribution in [0.5, 0.6) is 0 Å². The lowest BCUT2D eigenvalue weighted by molar-refractivity contribution is 0.0588. The van der Waals surface area contributed by atoms with E-state index in [1.807, 2.05) is 33.0 Å². The molecule has 0 aliphatic carbocycles. The first-order valence-corrected chi connectivity index (χ1v) is 8.98. The van der Waals surface area contributed by atoms with E-state index in [0.717, 1.165) is 13.1 Å². The molecular weight excluding hydrogens is 302 g/mol. The molecule has 1 atom stereocenters. The number of nitrogens with zero attached hydrogens (tertiary/aromatic N) is 3. The minimum absolute atomic E-state index is 0.381. The van der Waals surface area contributed by atoms with Crippen molar-refractivity contribution < 1.29 is 9.53 Å². The molecule has 5 nitrogen and oxygen atoms in total. The van der Waals surface area contributed by atoms with Crippen LogP contribution in [0.1, 0.15) is 65.0 Å². The molecule has 0 spiro atoms. The summed E-state index contributed by atoms with van der Waals surface area (Å²) in [7, 11) is 1.69. The van der Waals surface area contributed by atoms with Crippen molar-refractivity contribution in [3.05, 3.63) is 23.9 Å². The first-order valence-electron chi connectivity index (χ1n) is 8.98. The van der Waals surface area contributed by atoms with Gasteiger partial charge in [-0.05, 0) is 64.8 Å². The molecule has 1 aromatic heterocycles. The number of hydrogen-bond donors (Lipinski definition) is 0. The summed E-state index contributed by atoms with van der Waals surface area (Å²) in [6.07, 6.45) is 6.43. The van der Waals surface area contributed by atoms with Crippen LogP contribution in [-0.4, -0.2) is 41.7 Å². The van der Waals surface area contributed by atoms with Crippen molar-refractivity contribution in [2.45, 2.75) is 65.0 Å². The monoisotopic (exact) mass is 333 g/mol. The largest absolute Gasteiger partial charge is 0.443 e. The van der Waals surface area contributed by atoms with Gasteiger partial charge in [0.1, 0.15) is 11.4 Å². The molecule has 134 valence electrons. The summed E-state index contributed by atoms with van der Waals surface area (Å²) < 4.78 is 5.39. The van der Waals surface area contributed by atoms with Gasteiger partial charge in [-0.25, -0.2) is 9.78 Å². The number of piperidine rings is 1. The molecule has 1 saturated heterocycles. The second-order valence-corrected chi connectivity index (χ2v) is 7.54. The first kappa shape index (κ1) is 18.7. The maximum Gasteiger partial charge on any atom is 0.415 e. The fourth-order valence-corrected chi connectivity index (χ4v) is 3.14. The molecule has 24 heavy (non-hydrogen) atoms. The van der Waals surface area contributed by atoms with E-state index in [0.29, 0.717) is 11.9 Å². The Kier molecular flexibility index (Phi) is 6.21. The highest BCUT2D eigenvalue weighted by molar-refractivity contribution is 5.85. The second kappa shape index (κ2) is 7.97. The molecule has 5 heteroatoms. The molecule has 2 rings (SSSR count). The standard InChI is InChI=1S/C19H31N3O2/c1-6-12-22-13-8-7-9-16(22)15-10-11-17(20-14-15)21(5)18(23)24-19(2,3)4/h10-11,14,16H,6-9,12-13H2,1-5H3/t16-/m1/s1. The molecule has 0 N–H and O–H groups in total. The minimum atomic E-state index is -0.506. The average Bonchev–Trinajstić information content (AvgIpc) is 2.54. The van der Waals surface area contributed by atoms with Gasteiger partial charge in [-0.15, -0.1) is 0 Å². The molecule has 0 bridgehead atoms. The predicted octanol–water partition coefficient (Wildman–Crippen LogP) is 4.39. The number of hydrogen-bond acceptors (Lipinski definition) is 4. The van der Waals surface area contributed by atoms with Crippen LogP contribution in [0.3, 0.4) is 0 Å². The van der Waals surface area contributed by atoms with Crippen molar-refractivity contribution in [2.24, 2.45) is 0 Å². The highest BCUT2D eigenvalue weighted by Crippen LogP contribution is 2.31. The van der Waals surface area contributed by atoms with Gasteiger partial charge >= 0.3 is 6.09 Å². The summed E-state index contributed by atoms with van der Waals surface area (Å²) in [5.74, 6) is 0.617. The van der Waals surface area contributed by atoms with Crippen LogP contribution in [0.15, 0.2) is 18.3 Å². The van der Waals surface area contributed by atoms with Crippen molar-refractivity contribution >= 4 is 11.9 Å². The number of anilines is 1. The third-order valence-corrected chi connectivity index (χ3v) is 4.29. The zero-order valence-electron chi connectivity index (χ0n) is 15.7. The van der Waals surface area contributed by atoms with E-state index in [2.05, 4.69) is 22.9 Å². The SMILES string of the molecule is CCCN1CCCC[C@@H]1c1ccc(N(C)C(=O)OC(C)(C)C)nc1. The highest BCUT2D eigenvalue weighted by atomic mass is 16.6. The van der Waals surface area contributed by atoms with Gasteiger partial charge in [-0.2, -0.15) is 0 Å². The van der Waals surface area contributed by atoms with Crippen LogP contribution >= 0.6 is 0 Å². The molecule has 0 radical (unpaired) electrons. The number of pyridine rings is 1. The van der Waals surface area contributed by atoms with Crippen molar-refractivity contribution in [3.63, 3.8) is 0 Å². The van der Waals surface area contributed by atoms with E-state index in [-0.39, 0.29) is 6.09 Å². The van der Waals surface area contributed by atoms with Crippen LogP contribution in [-0.2, 0) is 4.74 Å². The van der Waals surface area contributed by atoms with Gasteiger partial charge in [0.15, 0.2) is 0 Å². The Balaban J connectivity index is 2.07. The van der Waals surface area contributed by atoms with Crippen LogP contribution in [0.25, 0.3) is 0 Å². The number of ether oxygens (including phenoxy) is 1. The smallest absolute Gasteiger partial charge is 0.415 e. The lowest BCUT2D eigenvalue weighted by Gasteiger charge is -2.35. The quantitative estimate of drug-likeness (QED) is 0.820. The maximum atomic E-state index is 12.1. The third-order valence-electron chi connectivity index (χ3n) is 4.29. The Bertz CT molecular complexity index is 535. The van der Waals surface area contributed by atoms with E-state index in [1.54, 1.807) is 7.05 Å². The van der Waals surface area contributed by atoms with E-state index in [4.69, 9.17) is 4.74 Å². The predicted molar refractivity (Wildman–Crippen MR) is 97.3 cm³/mol. The van der Waals surface area contributed by atoms with Crippen molar-refractivity contribution in [3.8, 4) is 0 Å². The Morgan fingerprint density at radius 1 is 1.38 bits per heavy atom. The number of aromatic nitrogens is 1. The van der Waals surface area contributed by atoms with E-state index in [9.17, 15) is 4.79 Å². The Morgan fingerprint density at radius 2 is 2.12 bits per heavy atom. The molecule has 1 aromatic rings. The fraction of sp³-hybridized carbons (Fsp3) is 0.684. The lowest BCUT2D eigenvalue weighted by atomic mass is 9.96. The molecule has 0 aromatic carbocycles. The van der Waals surface area contributed by atoms with Crippen LogP contribution in [0, 0.1) is 0 Å². The average molecular weight is 333 g/mol. The van der Waals surface area contributed by atoms with Gasteiger partial charge in [-0.1, -0.05) is 19.4 Å². The number of carbonyl (C=O) groups excluding carboxylic acids is 1. The van der Waals surface area contributed by atoms with Crippen LogP contribution in [0.2, 0.25) is 0 Å². The Hall–Kier alpha value is -1.62. The van der Waals surface area contributed by atoms with Gasteiger partial charge in [0.05, 0.1) is 0 Å². The highest BCUT2D eigenvalue weighted by Gasteiger charge is 2.25. The number of amides is 1. The van der Waals surface area contributed by atoms with Crippen molar-refractivity contribution in [2.75, 3.05) is 25.0 Å². The Labute approximate surface area is 146 Å². The van der Waals surface area contributed by atoms with Gasteiger partial charge in [-0.3, -0.25) is 9.80 Å². The van der Waals surface area contributed by atoms with Gasteiger partial charge in [0.25, 0.3) is 0 Å². The number of likely N-dealkylation sites (tertiary alicyclic amines) is 1. The number of rotatable bonds is 4. The van der Waals surface area contributed by atoms with E-state index < -0.39 is 5.60 Å². The molecule has 0 unspecified atom stereocenters. The number of carbonyl (C=O) groups is 1. The van der Waals surface area contributed by atoms with Gasteiger partial charge < -0.3 is 4.74 Å². The lowest BCUT2D eigenvalue weighted by Crippen LogP contribution is -2.35. The van der Waals surface area contributed by atoms with E-state index >= 15 is 0 Å². The molecule has 1 aliphatic rings. The molecular formula is C19H31N3O2. The molecule has 0 saturated carbocycles. The zero-order chi connectivity index (χ0) is 17.7. The maximum absolute atomic E-state index is 12.1. The van der Waals surface area contributed by atoms with Crippen molar-refractivity contribution in [1.82, 2.24) is 9.88 Å². The van der Waals surface area contributed by atoms with E-state index in [1.165, 1.54) is 36.1 Å². The third kappa shape index (κ3) is 4.94. The van der Waals surface area contributed by atoms with Crippen LogP contribution < -0.4 is 4.90 Å². The second-order valence-electron chi connectivity index (χ2n) is 7.54. The zero-order valence-corrected chi connectivity index (χ0v) is 15.7. The molecule has 1 amide bonds.